The summed E-state index contributed by atoms with van der Waals surface area (Å²) in [4.78, 5) is 17.1. The molecule has 3 N–H and O–H groups in total. The fourth-order valence-corrected chi connectivity index (χ4v) is 3.44. The SMILES string of the molecule is Cc1ccc(-n2nc(C(C)(O)CO)c3ccc(C(=O)N[C@H](C)c4nc(C)no4)cc32)cc1. The van der Waals surface area contributed by atoms with E-state index in [1.807, 2.05) is 31.2 Å². The van der Waals surface area contributed by atoms with Crippen LogP contribution in [0.5, 0.6) is 0 Å². The first-order valence-electron chi connectivity index (χ1n) is 10.2. The standard InChI is InChI=1S/C23H25N5O4/c1-13-5-8-17(9-6-13)28-19-11-16(7-10-18(19)20(26-28)23(4,31)12-29)21(30)24-14(2)22-25-15(3)27-32-22/h5-11,14,29,31H,12H2,1-4H3,(H,24,30)/t14-,23?/m1/s1. The van der Waals surface area contributed by atoms with Gasteiger partial charge < -0.3 is 20.1 Å². The van der Waals surface area contributed by atoms with E-state index in [1.54, 1.807) is 36.7 Å². The van der Waals surface area contributed by atoms with E-state index in [1.165, 1.54) is 6.92 Å². The van der Waals surface area contributed by atoms with Crippen LogP contribution < -0.4 is 5.32 Å². The van der Waals surface area contributed by atoms with Crippen LogP contribution in [0.1, 0.15) is 53.2 Å². The Hall–Kier alpha value is -3.56. The third-order valence-corrected chi connectivity index (χ3v) is 5.30. The number of fused-ring (bicyclic) bond motifs is 1. The summed E-state index contributed by atoms with van der Waals surface area (Å²) < 4.78 is 6.79. The van der Waals surface area contributed by atoms with Crippen LogP contribution in [0.3, 0.4) is 0 Å². The van der Waals surface area contributed by atoms with Crippen LogP contribution in [0.25, 0.3) is 16.6 Å². The summed E-state index contributed by atoms with van der Waals surface area (Å²) in [6.45, 7) is 6.47. The van der Waals surface area contributed by atoms with Gasteiger partial charge in [0.2, 0.25) is 5.89 Å². The molecule has 2 heterocycles. The summed E-state index contributed by atoms with van der Waals surface area (Å²) in [5, 5.41) is 32.2. The van der Waals surface area contributed by atoms with Gasteiger partial charge >= 0.3 is 0 Å². The highest BCUT2D eigenvalue weighted by molar-refractivity contribution is 5.99. The Morgan fingerprint density at radius 1 is 1.22 bits per heavy atom. The minimum absolute atomic E-state index is 0.317. The van der Waals surface area contributed by atoms with Crippen molar-refractivity contribution < 1.29 is 19.5 Å². The predicted octanol–water partition coefficient (Wildman–Crippen LogP) is 2.72. The van der Waals surface area contributed by atoms with Gasteiger partial charge in [-0.05, 0) is 58.0 Å². The molecule has 0 saturated carbocycles. The number of aliphatic hydroxyl groups is 2. The topological polar surface area (TPSA) is 126 Å². The van der Waals surface area contributed by atoms with Crippen LogP contribution in [0.2, 0.25) is 0 Å². The monoisotopic (exact) mass is 435 g/mol. The van der Waals surface area contributed by atoms with Crippen molar-refractivity contribution in [3.05, 3.63) is 71.0 Å². The van der Waals surface area contributed by atoms with Crippen LogP contribution in [-0.2, 0) is 5.60 Å². The molecule has 0 spiro atoms. The predicted molar refractivity (Wildman–Crippen MR) is 117 cm³/mol. The van der Waals surface area contributed by atoms with Gasteiger partial charge in [-0.25, -0.2) is 4.68 Å². The molecule has 0 aliphatic rings. The van der Waals surface area contributed by atoms with Gasteiger partial charge in [0.05, 0.1) is 17.8 Å². The van der Waals surface area contributed by atoms with E-state index in [9.17, 15) is 15.0 Å². The van der Waals surface area contributed by atoms with Gasteiger partial charge in [0.25, 0.3) is 5.91 Å². The lowest BCUT2D eigenvalue weighted by Gasteiger charge is -2.18. The van der Waals surface area contributed by atoms with E-state index in [4.69, 9.17) is 4.52 Å². The molecule has 2 atom stereocenters. The summed E-state index contributed by atoms with van der Waals surface area (Å²) in [6, 6.07) is 12.4. The van der Waals surface area contributed by atoms with Crippen molar-refractivity contribution in [3.8, 4) is 5.69 Å². The van der Waals surface area contributed by atoms with Crippen LogP contribution in [0.4, 0.5) is 0 Å². The Kier molecular flexibility index (Phi) is 5.53. The minimum Gasteiger partial charge on any atom is -0.393 e. The third kappa shape index (κ3) is 4.00. The fourth-order valence-electron chi connectivity index (χ4n) is 3.44. The Morgan fingerprint density at radius 2 is 1.94 bits per heavy atom. The number of nitrogens with zero attached hydrogens (tertiary/aromatic N) is 4. The number of aromatic nitrogens is 4. The maximum atomic E-state index is 12.9. The molecule has 9 nitrogen and oxygen atoms in total. The molecule has 1 unspecified atom stereocenters. The van der Waals surface area contributed by atoms with E-state index in [2.05, 4.69) is 20.6 Å². The number of rotatable bonds is 6. The summed E-state index contributed by atoms with van der Waals surface area (Å²) >= 11 is 0. The average Bonchev–Trinajstić information content (AvgIpc) is 3.38. The normalized spacial score (nSPS) is 14.3. The Labute approximate surface area is 184 Å². The molecule has 0 aliphatic carbocycles. The fraction of sp³-hybridized carbons (Fsp3) is 0.304. The molecule has 2 aromatic heterocycles. The first-order chi connectivity index (χ1) is 15.2. The second kappa shape index (κ2) is 8.18. The van der Waals surface area contributed by atoms with Gasteiger partial charge in [-0.2, -0.15) is 10.1 Å². The molecule has 9 heteroatoms. The highest BCUT2D eigenvalue weighted by Crippen LogP contribution is 2.30. The molecule has 166 valence electrons. The van der Waals surface area contributed by atoms with Crippen LogP contribution in [0.15, 0.2) is 47.0 Å². The Morgan fingerprint density at radius 3 is 2.56 bits per heavy atom. The number of aliphatic hydroxyl groups excluding tert-OH is 1. The van der Waals surface area contributed by atoms with Crippen molar-refractivity contribution >= 4 is 16.8 Å². The molecule has 32 heavy (non-hydrogen) atoms. The largest absolute Gasteiger partial charge is 0.393 e. The van der Waals surface area contributed by atoms with Gasteiger partial charge in [-0.3, -0.25) is 4.79 Å². The summed E-state index contributed by atoms with van der Waals surface area (Å²) in [5.74, 6) is 0.498. The molecule has 0 aliphatic heterocycles. The number of nitrogens with one attached hydrogen (secondary N) is 1. The van der Waals surface area contributed by atoms with Crippen molar-refractivity contribution in [2.45, 2.75) is 39.3 Å². The van der Waals surface area contributed by atoms with E-state index >= 15 is 0 Å². The van der Waals surface area contributed by atoms with Crippen molar-refractivity contribution in [3.63, 3.8) is 0 Å². The number of aryl methyl sites for hydroxylation is 2. The van der Waals surface area contributed by atoms with Gasteiger partial charge in [0.15, 0.2) is 5.82 Å². The van der Waals surface area contributed by atoms with Crippen LogP contribution in [0, 0.1) is 13.8 Å². The molecule has 1 amide bonds. The molecule has 4 aromatic rings. The molecule has 0 radical (unpaired) electrons. The van der Waals surface area contributed by atoms with Crippen molar-refractivity contribution in [2.75, 3.05) is 6.61 Å². The summed E-state index contributed by atoms with van der Waals surface area (Å²) in [7, 11) is 0. The number of amides is 1. The Balaban J connectivity index is 1.77. The van der Waals surface area contributed by atoms with E-state index in [0.29, 0.717) is 33.9 Å². The molecular weight excluding hydrogens is 410 g/mol. The number of hydrogen-bond donors (Lipinski definition) is 3. The van der Waals surface area contributed by atoms with Gasteiger partial charge in [0.1, 0.15) is 17.3 Å². The second-order valence-electron chi connectivity index (χ2n) is 8.13. The molecule has 0 saturated heterocycles. The summed E-state index contributed by atoms with van der Waals surface area (Å²) in [6.07, 6.45) is 0. The molecule has 0 fully saturated rings. The zero-order valence-electron chi connectivity index (χ0n) is 18.3. The zero-order chi connectivity index (χ0) is 23.0. The lowest BCUT2D eigenvalue weighted by Crippen LogP contribution is -2.27. The molecule has 4 rings (SSSR count). The van der Waals surface area contributed by atoms with Crippen molar-refractivity contribution in [2.24, 2.45) is 0 Å². The van der Waals surface area contributed by atoms with E-state index < -0.39 is 18.2 Å². The smallest absolute Gasteiger partial charge is 0.251 e. The minimum atomic E-state index is -1.54. The quantitative estimate of drug-likeness (QED) is 0.425. The zero-order valence-corrected chi connectivity index (χ0v) is 18.3. The van der Waals surface area contributed by atoms with E-state index in [0.717, 1.165) is 11.3 Å². The number of carbonyl (C=O) groups excluding carboxylic acids is 1. The van der Waals surface area contributed by atoms with Crippen LogP contribution in [-0.4, -0.2) is 42.6 Å². The number of hydrogen-bond acceptors (Lipinski definition) is 7. The third-order valence-electron chi connectivity index (χ3n) is 5.30. The Bertz CT molecular complexity index is 1270. The average molecular weight is 435 g/mol. The lowest BCUT2D eigenvalue weighted by molar-refractivity contribution is -0.00495. The molecule has 2 aromatic carbocycles. The van der Waals surface area contributed by atoms with Crippen molar-refractivity contribution in [1.82, 2.24) is 25.2 Å². The van der Waals surface area contributed by atoms with Gasteiger partial charge in [-0.15, -0.1) is 0 Å². The van der Waals surface area contributed by atoms with Gasteiger partial charge in [-0.1, -0.05) is 22.9 Å². The first-order valence-corrected chi connectivity index (χ1v) is 10.2. The van der Waals surface area contributed by atoms with Crippen LogP contribution >= 0.6 is 0 Å². The highest BCUT2D eigenvalue weighted by atomic mass is 16.5. The second-order valence-corrected chi connectivity index (χ2v) is 8.13. The highest BCUT2D eigenvalue weighted by Gasteiger charge is 2.29. The molecule has 0 bridgehead atoms. The van der Waals surface area contributed by atoms with Crippen molar-refractivity contribution in [1.29, 1.82) is 0 Å². The lowest BCUT2D eigenvalue weighted by atomic mass is 9.99. The summed E-state index contributed by atoms with van der Waals surface area (Å²) in [5.41, 5.74) is 1.70. The maximum absolute atomic E-state index is 12.9. The number of benzene rings is 2. The first kappa shape index (κ1) is 21.7. The number of carbonyl (C=O) groups is 1. The van der Waals surface area contributed by atoms with E-state index in [-0.39, 0.29) is 5.91 Å². The molecular formula is C23H25N5O4. The van der Waals surface area contributed by atoms with Gasteiger partial charge in [0, 0.05) is 10.9 Å². The maximum Gasteiger partial charge on any atom is 0.251 e.